The van der Waals surface area contributed by atoms with E-state index < -0.39 is 257 Å². The Bertz CT molecular complexity index is 4100. The van der Waals surface area contributed by atoms with Gasteiger partial charge in [-0.25, -0.2) is 0 Å². The van der Waals surface area contributed by atoms with Crippen molar-refractivity contribution in [2.75, 3.05) is 4.90 Å². The van der Waals surface area contributed by atoms with Crippen molar-refractivity contribution in [3.05, 3.63) is 174 Å². The third kappa shape index (κ3) is 4.74. The van der Waals surface area contributed by atoms with Gasteiger partial charge >= 0.3 is 0 Å². The average molecular weight is 650 g/mol. The number of hydrogen-bond acceptors (Lipinski definition) is 2. The van der Waals surface area contributed by atoms with Crippen LogP contribution < -0.4 is 4.90 Å². The lowest BCUT2D eigenvalue weighted by Gasteiger charge is -2.27. The molecule has 0 aliphatic carbocycles. The summed E-state index contributed by atoms with van der Waals surface area (Å²) in [6.07, 6.45) is 0. The predicted molar refractivity (Wildman–Crippen MR) is 199 cm³/mol. The zero-order chi connectivity index (χ0) is 55.7. The van der Waals surface area contributed by atoms with E-state index in [1.165, 1.54) is 0 Å². The van der Waals surface area contributed by atoms with Gasteiger partial charge in [0.15, 0.2) is 0 Å². The molecule has 9 rings (SSSR count). The fraction of sp³-hybridized carbons (Fsp3) is 0. The normalized spacial score (nSPS) is 19.9. The second-order valence-corrected chi connectivity index (χ2v) is 10.1. The molecule has 222 valence electrons. The molecule has 47 heavy (non-hydrogen) atoms. The lowest BCUT2D eigenvalue weighted by atomic mass is 9.99. The van der Waals surface area contributed by atoms with E-state index in [0.29, 0.717) is 4.90 Å². The van der Waals surface area contributed by atoms with E-state index in [2.05, 4.69) is 0 Å². The first-order chi connectivity index (χ1) is 34.9. The molecule has 0 aliphatic heterocycles. The number of furan rings is 1. The van der Waals surface area contributed by atoms with Crippen molar-refractivity contribution < 1.29 is 42.8 Å². The zero-order valence-electron chi connectivity index (χ0n) is 51.2. The smallest absolute Gasteiger partial charge is 0.143 e. The zero-order valence-corrected chi connectivity index (χ0v) is 24.0. The summed E-state index contributed by atoms with van der Waals surface area (Å²) in [6, 6.07) is -27.8. The highest BCUT2D eigenvalue weighted by Gasteiger charge is 2.21. The van der Waals surface area contributed by atoms with Gasteiger partial charge in [0.1, 0.15) is 11.2 Å². The van der Waals surface area contributed by atoms with Crippen LogP contribution in [0.1, 0.15) is 38.4 Å². The van der Waals surface area contributed by atoms with Crippen LogP contribution in [0.2, 0.25) is 5.02 Å². The molecule has 1 heterocycles. The average Bonchev–Trinajstić information content (AvgIpc) is 3.78. The molecule has 9 aromatic rings. The van der Waals surface area contributed by atoms with Gasteiger partial charge in [0.05, 0.1) is 49.1 Å². The number of nitrogens with zero attached hydrogens (tertiary/aromatic N) is 1. The molecule has 1 aromatic heterocycles. The fourth-order valence-corrected chi connectivity index (χ4v) is 5.17. The number of anilines is 3. The molecule has 0 atom stereocenters. The lowest BCUT2D eigenvalue weighted by molar-refractivity contribution is 0.672. The molecule has 0 bridgehead atoms. The maximum absolute atomic E-state index is 9.98. The molecule has 0 unspecified atom stereocenters. The first-order valence-corrected chi connectivity index (χ1v) is 13.9. The van der Waals surface area contributed by atoms with Crippen molar-refractivity contribution in [3.8, 4) is 22.3 Å². The number of fused-ring (bicyclic) bond motifs is 6. The molecule has 0 fully saturated rings. The van der Waals surface area contributed by atoms with E-state index in [1.54, 1.807) is 0 Å². The Balaban J connectivity index is 1.54. The van der Waals surface area contributed by atoms with Crippen LogP contribution in [0.3, 0.4) is 0 Å². The Kier molecular flexibility index (Phi) is 2.66. The van der Waals surface area contributed by atoms with E-state index in [-0.39, 0.29) is 0 Å². The maximum atomic E-state index is 9.98. The molecule has 0 saturated carbocycles. The van der Waals surface area contributed by atoms with Crippen molar-refractivity contribution in [2.24, 2.45) is 0 Å². The second-order valence-electron chi connectivity index (χ2n) is 9.71. The molecule has 3 heteroatoms. The van der Waals surface area contributed by atoms with Gasteiger partial charge in [-0.3, -0.25) is 0 Å². The molecule has 0 spiro atoms. The Morgan fingerprint density at radius 3 is 1.81 bits per heavy atom. The van der Waals surface area contributed by atoms with Crippen LogP contribution in [0.5, 0.6) is 0 Å². The number of halogens is 1. The molecule has 0 saturated heterocycles. The fourth-order valence-electron chi connectivity index (χ4n) is 4.94. The highest BCUT2D eigenvalue weighted by Crippen LogP contribution is 2.46. The number of hydrogen-bond donors (Lipinski definition) is 0. The van der Waals surface area contributed by atoms with Crippen LogP contribution in [0.15, 0.2) is 174 Å². The summed E-state index contributed by atoms with van der Waals surface area (Å²) in [5, 5.41) is -4.33. The van der Waals surface area contributed by atoms with Gasteiger partial charge in [-0.15, -0.1) is 0 Å². The number of rotatable bonds is 5. The van der Waals surface area contributed by atoms with E-state index in [4.69, 9.17) is 39.3 Å². The first-order valence-electron chi connectivity index (χ1n) is 27.5. The summed E-state index contributed by atoms with van der Waals surface area (Å²) in [5.74, 6) is 0. The van der Waals surface area contributed by atoms with Crippen molar-refractivity contribution in [1.82, 2.24) is 0 Å². The summed E-state index contributed by atoms with van der Waals surface area (Å²) in [7, 11) is 0. The van der Waals surface area contributed by atoms with Gasteiger partial charge in [0.2, 0.25) is 0 Å². The Hall–Kier alpha value is -5.83. The van der Waals surface area contributed by atoms with Crippen LogP contribution in [0.25, 0.3) is 65.7 Å². The topological polar surface area (TPSA) is 16.4 Å². The predicted octanol–water partition coefficient (Wildman–Crippen LogP) is 13.3. The van der Waals surface area contributed by atoms with Crippen LogP contribution in [-0.2, 0) is 0 Å². The van der Waals surface area contributed by atoms with Crippen molar-refractivity contribution in [2.45, 2.75) is 0 Å². The Morgan fingerprint density at radius 1 is 0.468 bits per heavy atom. The monoisotopic (exact) mass is 649 g/mol. The molecular formula is C44H28ClNO. The molecular weight excluding hydrogens is 594 g/mol. The van der Waals surface area contributed by atoms with Crippen molar-refractivity contribution >= 4 is 72.1 Å². The quantitative estimate of drug-likeness (QED) is 0.184. The summed E-state index contributed by atoms with van der Waals surface area (Å²) in [5.41, 5.74) is -7.86. The van der Waals surface area contributed by atoms with Gasteiger partial charge < -0.3 is 9.32 Å². The maximum Gasteiger partial charge on any atom is 0.143 e. The highest BCUT2D eigenvalue weighted by molar-refractivity contribution is 6.38. The minimum absolute atomic E-state index is 0.423. The third-order valence-electron chi connectivity index (χ3n) is 7.02. The first kappa shape index (κ1) is 11.2. The minimum Gasteiger partial charge on any atom is -0.455 e. The molecule has 0 aliphatic rings. The van der Waals surface area contributed by atoms with Gasteiger partial charge in [-0.05, 0) is 81.4 Å². The summed E-state index contributed by atoms with van der Waals surface area (Å²) in [6.45, 7) is 0. The van der Waals surface area contributed by atoms with Crippen LogP contribution in [0.4, 0.5) is 17.1 Å². The Morgan fingerprint density at radius 2 is 1.06 bits per heavy atom. The molecule has 8 aromatic carbocycles. The molecule has 0 N–H and O–H groups in total. The molecule has 2 nitrogen and oxygen atoms in total. The highest BCUT2D eigenvalue weighted by atomic mass is 35.5. The van der Waals surface area contributed by atoms with E-state index in [0.717, 1.165) is 0 Å². The minimum atomic E-state index is -1.26. The standard InChI is InChI=1S/C44H28ClNO/c45-40-15-8-16-42-43(40)39-28-41(37-13-6-7-14-38(37)44(39)47-42)46(35-23-19-31(20-24-35)29-9-2-1-3-10-29)36-25-21-32(22-26-36)34-18-17-30-11-4-5-12-33(30)27-34/h1-28H/i1D,2D,3D,4D,5D,6D,7D,8D,9D,10D,11D,12D,13D,14D,15D,16D,17D,18D,19D,20D,21D,22D,23D,24D,25D,26D,27D,28D. The van der Waals surface area contributed by atoms with Gasteiger partial charge in [-0.2, -0.15) is 0 Å². The lowest BCUT2D eigenvalue weighted by Crippen LogP contribution is -2.10. The third-order valence-corrected chi connectivity index (χ3v) is 7.30. The molecule has 0 amide bonds. The van der Waals surface area contributed by atoms with Gasteiger partial charge in [0, 0.05) is 32.9 Å². The van der Waals surface area contributed by atoms with Crippen LogP contribution in [0, 0.1) is 0 Å². The van der Waals surface area contributed by atoms with E-state index in [9.17, 15) is 15.1 Å². The second kappa shape index (κ2) is 11.2. The Labute approximate surface area is 317 Å². The SMILES string of the molecule is [2H]c1c([2H])c([2H])c(-c2c([2H])c([2H])c(N(c3c([2H])c([2H])c(-c4c([2H])c([2H])c5c([2H])c([2H])c([2H])c([2H])c5c4[2H])c([2H])c3[2H])c3c([2H])c4c(oc5c([2H])c([2H])c([2H])c(Cl)c54)c4c([2H])c([2H])c([2H])c([2H])c34)c([2H])c2[2H])c([2H])c1[2H]. The van der Waals surface area contributed by atoms with E-state index in [1.807, 2.05) is 0 Å². The summed E-state index contributed by atoms with van der Waals surface area (Å²) >= 11 is 6.67. The van der Waals surface area contributed by atoms with Crippen molar-refractivity contribution in [3.63, 3.8) is 0 Å². The molecule has 0 radical (unpaired) electrons. The largest absolute Gasteiger partial charge is 0.455 e. The van der Waals surface area contributed by atoms with Gasteiger partial charge in [-0.1, -0.05) is 132 Å². The van der Waals surface area contributed by atoms with E-state index >= 15 is 0 Å². The van der Waals surface area contributed by atoms with Gasteiger partial charge in [0.25, 0.3) is 0 Å². The summed E-state index contributed by atoms with van der Waals surface area (Å²) < 4.78 is 256. The number of benzene rings is 8. The van der Waals surface area contributed by atoms with Crippen LogP contribution >= 0.6 is 11.6 Å². The van der Waals surface area contributed by atoms with Crippen molar-refractivity contribution in [1.29, 1.82) is 0 Å². The van der Waals surface area contributed by atoms with Crippen LogP contribution in [-0.4, -0.2) is 0 Å². The summed E-state index contributed by atoms with van der Waals surface area (Å²) in [4.78, 5) is 0.423.